The van der Waals surface area contributed by atoms with Gasteiger partial charge in [0, 0.05) is 23.4 Å². The number of aromatic nitrogens is 2. The van der Waals surface area contributed by atoms with Gasteiger partial charge in [0.15, 0.2) is 0 Å². The minimum atomic E-state index is -4.88. The maximum atomic E-state index is 14.5. The number of alkyl halides is 6. The van der Waals surface area contributed by atoms with E-state index in [2.05, 4.69) is 30.0 Å². The summed E-state index contributed by atoms with van der Waals surface area (Å²) >= 11 is 0. The van der Waals surface area contributed by atoms with E-state index in [4.69, 9.17) is 0 Å². The molecular formula is C21H11F7N4O4. The highest BCUT2D eigenvalue weighted by Crippen LogP contribution is 2.30. The van der Waals surface area contributed by atoms with Gasteiger partial charge in [-0.25, -0.2) is 4.39 Å². The number of nitrogens with zero attached hydrogens (tertiary/aromatic N) is 2. The largest absolute Gasteiger partial charge is 0.573 e. The molecule has 0 spiro atoms. The standard InChI is InChI=1S/C21H11F7N4O4/c22-13-7-9(18-31-19(36-32-18)20(23,24)25)1-2-10(13)8-29-14-15(17(34)16(14)33)30-11-3-5-12(6-4-11)35-21(26,27)28/h1-7,29-30H,8H2. The van der Waals surface area contributed by atoms with Crippen LogP contribution < -0.4 is 26.2 Å². The highest BCUT2D eigenvalue weighted by Gasteiger charge is 2.38. The second kappa shape index (κ2) is 8.98. The smallest absolute Gasteiger partial charge is 0.406 e. The maximum absolute atomic E-state index is 14.5. The molecule has 0 aliphatic heterocycles. The molecule has 0 fully saturated rings. The lowest BCUT2D eigenvalue weighted by atomic mass is 10.1. The zero-order chi connectivity index (χ0) is 26.3. The first kappa shape index (κ1) is 24.7. The summed E-state index contributed by atoms with van der Waals surface area (Å²) in [7, 11) is 0. The fourth-order valence-corrected chi connectivity index (χ4v) is 3.03. The third-order valence-corrected chi connectivity index (χ3v) is 4.70. The summed E-state index contributed by atoms with van der Waals surface area (Å²) in [6.45, 7) is -0.288. The molecule has 0 radical (unpaired) electrons. The van der Waals surface area contributed by atoms with Crippen LogP contribution in [0.3, 0.4) is 0 Å². The molecule has 0 amide bonds. The minimum absolute atomic E-state index is 0.00839. The SMILES string of the molecule is O=c1c(NCc2ccc(-c3noc(C(F)(F)F)n3)cc2F)c(Nc2ccc(OC(F)(F)F)cc2)c1=O. The first-order chi connectivity index (χ1) is 16.8. The van der Waals surface area contributed by atoms with Crippen molar-refractivity contribution in [3.63, 3.8) is 0 Å². The number of ether oxygens (including phenoxy) is 1. The Morgan fingerprint density at radius 2 is 1.58 bits per heavy atom. The van der Waals surface area contributed by atoms with Crippen molar-refractivity contribution in [3.8, 4) is 17.1 Å². The molecule has 3 aromatic carbocycles. The van der Waals surface area contributed by atoms with E-state index in [1.807, 2.05) is 0 Å². The summed E-state index contributed by atoms with van der Waals surface area (Å²) in [6, 6.07) is 7.66. The molecule has 0 aliphatic carbocycles. The van der Waals surface area contributed by atoms with Gasteiger partial charge in [-0.3, -0.25) is 9.59 Å². The molecule has 36 heavy (non-hydrogen) atoms. The molecule has 0 atom stereocenters. The first-order valence-corrected chi connectivity index (χ1v) is 9.71. The molecule has 2 N–H and O–H groups in total. The summed E-state index contributed by atoms with van der Waals surface area (Å²) in [6.07, 6.45) is -9.74. The van der Waals surface area contributed by atoms with Crippen LogP contribution in [0.2, 0.25) is 0 Å². The maximum Gasteiger partial charge on any atom is 0.573 e. The van der Waals surface area contributed by atoms with Gasteiger partial charge in [0.1, 0.15) is 22.9 Å². The molecule has 1 heterocycles. The van der Waals surface area contributed by atoms with Crippen LogP contribution in [-0.4, -0.2) is 16.5 Å². The topological polar surface area (TPSA) is 106 Å². The Hall–Kier alpha value is -4.43. The molecular weight excluding hydrogens is 505 g/mol. The van der Waals surface area contributed by atoms with Crippen molar-refractivity contribution in [3.05, 3.63) is 80.2 Å². The third-order valence-electron chi connectivity index (χ3n) is 4.70. The predicted octanol–water partition coefficient (Wildman–Crippen LogP) is 4.74. The van der Waals surface area contributed by atoms with Crippen LogP contribution in [0.4, 0.5) is 47.8 Å². The second-order valence-corrected chi connectivity index (χ2v) is 7.19. The Kier molecular flexibility index (Phi) is 6.16. The zero-order valence-corrected chi connectivity index (χ0v) is 17.4. The van der Waals surface area contributed by atoms with E-state index in [1.54, 1.807) is 0 Å². The van der Waals surface area contributed by atoms with Crippen molar-refractivity contribution in [2.24, 2.45) is 0 Å². The second-order valence-electron chi connectivity index (χ2n) is 7.19. The predicted molar refractivity (Wildman–Crippen MR) is 110 cm³/mol. The van der Waals surface area contributed by atoms with Crippen molar-refractivity contribution in [1.29, 1.82) is 0 Å². The van der Waals surface area contributed by atoms with Crippen LogP contribution in [0.15, 0.2) is 56.6 Å². The van der Waals surface area contributed by atoms with Crippen LogP contribution in [-0.2, 0) is 12.7 Å². The Labute approximate surface area is 195 Å². The monoisotopic (exact) mass is 516 g/mol. The summed E-state index contributed by atoms with van der Waals surface area (Å²) in [5.41, 5.74) is -2.11. The van der Waals surface area contributed by atoms with Crippen molar-refractivity contribution in [2.75, 3.05) is 10.6 Å². The first-order valence-electron chi connectivity index (χ1n) is 9.71. The fraction of sp³-hybridized carbons (Fsp3) is 0.143. The molecule has 0 bridgehead atoms. The van der Waals surface area contributed by atoms with E-state index in [0.29, 0.717) is 0 Å². The highest BCUT2D eigenvalue weighted by molar-refractivity contribution is 5.78. The number of nitrogens with one attached hydrogen (secondary N) is 2. The molecule has 0 aliphatic rings. The number of anilines is 3. The quantitative estimate of drug-likeness (QED) is 0.268. The summed E-state index contributed by atoms with van der Waals surface area (Å²) in [5.74, 6) is -3.44. The van der Waals surface area contributed by atoms with Crippen molar-refractivity contribution >= 4 is 17.1 Å². The Bertz CT molecular complexity index is 1470. The van der Waals surface area contributed by atoms with Crippen LogP contribution in [0.1, 0.15) is 11.5 Å². The van der Waals surface area contributed by atoms with Gasteiger partial charge in [0.2, 0.25) is 5.82 Å². The molecule has 4 aromatic rings. The normalized spacial score (nSPS) is 12.1. The van der Waals surface area contributed by atoms with E-state index in [1.165, 1.54) is 24.3 Å². The molecule has 1 aromatic heterocycles. The van der Waals surface area contributed by atoms with Crippen molar-refractivity contribution in [1.82, 2.24) is 10.1 Å². The van der Waals surface area contributed by atoms with Crippen molar-refractivity contribution < 1.29 is 40.0 Å². The third kappa shape index (κ3) is 5.29. The van der Waals surface area contributed by atoms with Crippen molar-refractivity contribution in [2.45, 2.75) is 19.1 Å². The molecule has 0 saturated carbocycles. The van der Waals surface area contributed by atoms with Gasteiger partial charge in [-0.2, -0.15) is 18.2 Å². The number of rotatable bonds is 7. The summed E-state index contributed by atoms with van der Waals surface area (Å²) < 4.78 is 96.9. The lowest BCUT2D eigenvalue weighted by Gasteiger charge is -2.16. The van der Waals surface area contributed by atoms with Crippen LogP contribution in [0.25, 0.3) is 11.4 Å². The van der Waals surface area contributed by atoms with Gasteiger partial charge < -0.3 is 19.9 Å². The van der Waals surface area contributed by atoms with E-state index >= 15 is 0 Å². The fourth-order valence-electron chi connectivity index (χ4n) is 3.03. The molecule has 0 unspecified atom stereocenters. The lowest BCUT2D eigenvalue weighted by Crippen LogP contribution is -2.36. The summed E-state index contributed by atoms with van der Waals surface area (Å²) in [4.78, 5) is 27.0. The van der Waals surface area contributed by atoms with E-state index < -0.39 is 46.7 Å². The van der Waals surface area contributed by atoms with Gasteiger partial charge in [0.25, 0.3) is 10.9 Å². The van der Waals surface area contributed by atoms with Gasteiger partial charge in [-0.15, -0.1) is 13.2 Å². The van der Waals surface area contributed by atoms with Gasteiger partial charge in [0.05, 0.1) is 0 Å². The average Bonchev–Trinajstić information content (AvgIpc) is 3.30. The summed E-state index contributed by atoms with van der Waals surface area (Å²) in [5, 5.41) is 8.34. The number of halogens is 7. The van der Waals surface area contributed by atoms with Crippen LogP contribution in [0, 0.1) is 5.82 Å². The molecule has 4 rings (SSSR count). The lowest BCUT2D eigenvalue weighted by molar-refractivity contribution is -0.274. The van der Waals surface area contributed by atoms with Crippen LogP contribution >= 0.6 is 0 Å². The molecule has 8 nitrogen and oxygen atoms in total. The van der Waals surface area contributed by atoms with E-state index in [9.17, 15) is 40.3 Å². The Morgan fingerprint density at radius 1 is 0.917 bits per heavy atom. The molecule has 15 heteroatoms. The van der Waals surface area contributed by atoms with Crippen LogP contribution in [0.5, 0.6) is 5.75 Å². The number of hydrogen-bond acceptors (Lipinski definition) is 8. The number of hydrogen-bond donors (Lipinski definition) is 2. The van der Waals surface area contributed by atoms with E-state index in [-0.39, 0.29) is 34.7 Å². The Balaban J connectivity index is 1.44. The van der Waals surface area contributed by atoms with Gasteiger partial charge >= 0.3 is 18.4 Å². The highest BCUT2D eigenvalue weighted by atomic mass is 19.4. The Morgan fingerprint density at radius 3 is 2.17 bits per heavy atom. The average molecular weight is 516 g/mol. The number of benzene rings is 2. The molecule has 0 saturated heterocycles. The minimum Gasteiger partial charge on any atom is -0.406 e. The zero-order valence-electron chi connectivity index (χ0n) is 17.4. The van der Waals surface area contributed by atoms with Gasteiger partial charge in [-0.05, 0) is 30.3 Å². The van der Waals surface area contributed by atoms with E-state index in [0.717, 1.165) is 18.2 Å². The van der Waals surface area contributed by atoms with Gasteiger partial charge in [-0.1, -0.05) is 17.3 Å². The molecule has 188 valence electrons.